The van der Waals surface area contributed by atoms with E-state index >= 15 is 0 Å². The van der Waals surface area contributed by atoms with E-state index in [-0.39, 0.29) is 18.4 Å². The summed E-state index contributed by atoms with van der Waals surface area (Å²) < 4.78 is 2.09. The molecule has 0 saturated carbocycles. The molecule has 0 radical (unpaired) electrons. The molecule has 24 heavy (non-hydrogen) atoms. The molecule has 1 aromatic heterocycles. The fourth-order valence-electron chi connectivity index (χ4n) is 3.03. The molecule has 0 aliphatic heterocycles. The van der Waals surface area contributed by atoms with E-state index in [2.05, 4.69) is 9.88 Å². The summed E-state index contributed by atoms with van der Waals surface area (Å²) in [5.74, 6) is -1.03. The Balaban J connectivity index is 2.22. The van der Waals surface area contributed by atoms with Crippen molar-refractivity contribution in [3.63, 3.8) is 0 Å². The van der Waals surface area contributed by atoms with Crippen molar-refractivity contribution >= 4 is 11.9 Å². The first-order valence-corrected chi connectivity index (χ1v) is 8.18. The Kier molecular flexibility index (Phi) is 5.79. The van der Waals surface area contributed by atoms with Crippen molar-refractivity contribution in [2.45, 2.75) is 46.2 Å². The van der Waals surface area contributed by atoms with Crippen LogP contribution in [0.5, 0.6) is 0 Å². The van der Waals surface area contributed by atoms with E-state index in [0.717, 1.165) is 23.5 Å². The smallest absolute Gasteiger partial charge is 0.303 e. The summed E-state index contributed by atoms with van der Waals surface area (Å²) in [6.07, 6.45) is 0.366. The largest absolute Gasteiger partial charge is 0.481 e. The lowest BCUT2D eigenvalue weighted by Crippen LogP contribution is -2.29. The molecule has 5 heteroatoms. The number of nitrogens with one attached hydrogen (secondary N) is 1. The molecular formula is C19H24N2O3. The predicted octanol–water partition coefficient (Wildman–Crippen LogP) is 3.46. The van der Waals surface area contributed by atoms with E-state index in [1.54, 1.807) is 0 Å². The molecule has 2 N–H and O–H groups in total. The van der Waals surface area contributed by atoms with E-state index in [1.165, 1.54) is 0 Å². The van der Waals surface area contributed by atoms with Crippen molar-refractivity contribution in [3.05, 3.63) is 58.9 Å². The van der Waals surface area contributed by atoms with Gasteiger partial charge >= 0.3 is 5.97 Å². The van der Waals surface area contributed by atoms with Crippen LogP contribution in [-0.4, -0.2) is 21.6 Å². The Hall–Kier alpha value is -2.56. The number of hydrogen-bond donors (Lipinski definition) is 2. The number of rotatable bonds is 7. The van der Waals surface area contributed by atoms with Gasteiger partial charge in [0.1, 0.15) is 0 Å². The van der Waals surface area contributed by atoms with Crippen molar-refractivity contribution in [1.82, 2.24) is 9.88 Å². The Morgan fingerprint density at radius 2 is 1.88 bits per heavy atom. The van der Waals surface area contributed by atoms with Crippen LogP contribution in [0.25, 0.3) is 0 Å². The minimum absolute atomic E-state index is 0.00776. The van der Waals surface area contributed by atoms with Gasteiger partial charge in [-0.3, -0.25) is 9.59 Å². The molecule has 1 unspecified atom stereocenters. The van der Waals surface area contributed by atoms with Crippen molar-refractivity contribution in [3.8, 4) is 0 Å². The molecule has 0 saturated heterocycles. The molecule has 1 aromatic carbocycles. The average molecular weight is 328 g/mol. The monoisotopic (exact) mass is 328 g/mol. The van der Waals surface area contributed by atoms with Crippen molar-refractivity contribution in [1.29, 1.82) is 0 Å². The molecule has 1 atom stereocenters. The third kappa shape index (κ3) is 4.04. The van der Waals surface area contributed by atoms with Crippen LogP contribution in [0.1, 0.15) is 53.1 Å². The topological polar surface area (TPSA) is 71.3 Å². The second-order valence-electron chi connectivity index (χ2n) is 5.90. The van der Waals surface area contributed by atoms with Gasteiger partial charge in [0.25, 0.3) is 5.91 Å². The highest BCUT2D eigenvalue weighted by Gasteiger charge is 2.20. The van der Waals surface area contributed by atoms with Gasteiger partial charge in [-0.25, -0.2) is 0 Å². The van der Waals surface area contributed by atoms with Gasteiger partial charge in [0.05, 0.1) is 11.6 Å². The van der Waals surface area contributed by atoms with Crippen LogP contribution in [0.15, 0.2) is 36.4 Å². The zero-order valence-electron chi connectivity index (χ0n) is 14.4. The van der Waals surface area contributed by atoms with Crippen molar-refractivity contribution < 1.29 is 14.7 Å². The molecule has 0 fully saturated rings. The number of carbonyl (C=O) groups excluding carboxylic acids is 1. The van der Waals surface area contributed by atoms with Crippen molar-refractivity contribution in [2.24, 2.45) is 0 Å². The normalized spacial score (nSPS) is 12.0. The Morgan fingerprint density at radius 3 is 2.42 bits per heavy atom. The highest BCUT2D eigenvalue weighted by atomic mass is 16.4. The van der Waals surface area contributed by atoms with Crippen molar-refractivity contribution in [2.75, 3.05) is 0 Å². The number of aliphatic carboxylic acids is 1. The zero-order chi connectivity index (χ0) is 17.7. The molecule has 1 heterocycles. The summed E-state index contributed by atoms with van der Waals surface area (Å²) in [5.41, 5.74) is 3.53. The molecular weight excluding hydrogens is 304 g/mol. The average Bonchev–Trinajstić information content (AvgIpc) is 2.86. The Labute approximate surface area is 142 Å². The van der Waals surface area contributed by atoms with Crippen LogP contribution in [0.4, 0.5) is 0 Å². The summed E-state index contributed by atoms with van der Waals surface area (Å²) >= 11 is 0. The molecule has 128 valence electrons. The lowest BCUT2D eigenvalue weighted by molar-refractivity contribution is -0.137. The maximum atomic E-state index is 12.7. The maximum absolute atomic E-state index is 12.7. The number of nitrogens with zero attached hydrogens (tertiary/aromatic N) is 1. The first-order chi connectivity index (χ1) is 11.4. The van der Waals surface area contributed by atoms with Gasteiger partial charge in [-0.05, 0) is 38.8 Å². The first kappa shape index (κ1) is 17.8. The molecule has 1 amide bonds. The van der Waals surface area contributed by atoms with Gasteiger partial charge in [-0.15, -0.1) is 0 Å². The molecule has 0 spiro atoms. The number of amides is 1. The highest BCUT2D eigenvalue weighted by molar-refractivity contribution is 5.96. The van der Waals surface area contributed by atoms with Gasteiger partial charge < -0.3 is 15.0 Å². The van der Waals surface area contributed by atoms with E-state index in [1.807, 2.05) is 57.2 Å². The molecule has 5 nitrogen and oxygen atoms in total. The van der Waals surface area contributed by atoms with Crippen LogP contribution in [0.3, 0.4) is 0 Å². The van der Waals surface area contributed by atoms with Crippen LogP contribution in [-0.2, 0) is 11.3 Å². The Bertz CT molecular complexity index is 720. The van der Waals surface area contributed by atoms with Gasteiger partial charge in [0.15, 0.2) is 0 Å². The predicted molar refractivity (Wildman–Crippen MR) is 93.1 cm³/mol. The maximum Gasteiger partial charge on any atom is 0.303 e. The molecule has 2 aromatic rings. The third-order valence-electron chi connectivity index (χ3n) is 4.29. The molecule has 0 bridgehead atoms. The number of aryl methyl sites for hydroxylation is 1. The number of benzene rings is 1. The van der Waals surface area contributed by atoms with Gasteiger partial charge in [0, 0.05) is 24.4 Å². The second kappa shape index (κ2) is 7.81. The van der Waals surface area contributed by atoms with E-state index in [0.29, 0.717) is 12.0 Å². The molecule has 0 aliphatic rings. The molecule has 2 rings (SSSR count). The second-order valence-corrected chi connectivity index (χ2v) is 5.90. The van der Waals surface area contributed by atoms with E-state index in [9.17, 15) is 9.59 Å². The van der Waals surface area contributed by atoms with Crippen LogP contribution < -0.4 is 5.32 Å². The summed E-state index contributed by atoms with van der Waals surface area (Å²) in [6, 6.07) is 11.0. The quantitative estimate of drug-likeness (QED) is 0.817. The molecule has 0 aliphatic carbocycles. The fourth-order valence-corrected chi connectivity index (χ4v) is 3.03. The summed E-state index contributed by atoms with van der Waals surface area (Å²) in [5, 5.41) is 12.0. The minimum atomic E-state index is -0.866. The number of carbonyl (C=O) groups is 2. The van der Waals surface area contributed by atoms with E-state index in [4.69, 9.17) is 5.11 Å². The van der Waals surface area contributed by atoms with E-state index < -0.39 is 5.97 Å². The Morgan fingerprint density at radius 1 is 1.21 bits per heavy atom. The van der Waals surface area contributed by atoms with Gasteiger partial charge in [-0.2, -0.15) is 0 Å². The number of aromatic nitrogens is 1. The van der Waals surface area contributed by atoms with Crippen LogP contribution >= 0.6 is 0 Å². The summed E-state index contributed by atoms with van der Waals surface area (Å²) in [4.78, 5) is 23.6. The van der Waals surface area contributed by atoms with Crippen LogP contribution in [0, 0.1) is 13.8 Å². The third-order valence-corrected chi connectivity index (χ3v) is 4.29. The van der Waals surface area contributed by atoms with Gasteiger partial charge in [-0.1, -0.05) is 30.3 Å². The first-order valence-electron chi connectivity index (χ1n) is 8.18. The highest BCUT2D eigenvalue weighted by Crippen LogP contribution is 2.21. The summed E-state index contributed by atoms with van der Waals surface area (Å²) in [6.45, 7) is 6.76. The summed E-state index contributed by atoms with van der Waals surface area (Å²) in [7, 11) is 0. The lowest BCUT2D eigenvalue weighted by Gasteiger charge is -2.18. The fraction of sp³-hybridized carbons (Fsp3) is 0.368. The van der Waals surface area contributed by atoms with Crippen LogP contribution in [0.2, 0.25) is 0 Å². The number of carboxylic acids is 1. The van der Waals surface area contributed by atoms with Gasteiger partial charge in [0.2, 0.25) is 0 Å². The standard InChI is InChI=1S/C19H24N2O3/c1-4-21-13(2)12-16(14(21)3)19(24)20-17(10-11-18(22)23)15-8-6-5-7-9-15/h5-9,12,17H,4,10-11H2,1-3H3,(H,20,24)(H,22,23). The minimum Gasteiger partial charge on any atom is -0.481 e. The number of hydrogen-bond acceptors (Lipinski definition) is 2. The lowest BCUT2D eigenvalue weighted by atomic mass is 10.0. The zero-order valence-corrected chi connectivity index (χ0v) is 14.4. The SMILES string of the molecule is CCn1c(C)cc(C(=O)NC(CCC(=O)O)c2ccccc2)c1C. The number of carboxylic acid groups (broad SMARTS) is 1.